The largest absolute Gasteiger partial charge is 0.485 e. The van der Waals surface area contributed by atoms with Gasteiger partial charge in [-0.25, -0.2) is 4.39 Å². The molecule has 1 N–H and O–H groups in total. The van der Waals surface area contributed by atoms with E-state index in [2.05, 4.69) is 5.32 Å². The fourth-order valence-corrected chi connectivity index (χ4v) is 2.97. The van der Waals surface area contributed by atoms with Crippen molar-refractivity contribution in [1.82, 2.24) is 5.32 Å². The van der Waals surface area contributed by atoms with Crippen LogP contribution in [-0.2, 0) is 17.8 Å². The van der Waals surface area contributed by atoms with Crippen molar-refractivity contribution >= 4 is 5.91 Å². The molecule has 0 fully saturated rings. The normalized spacial score (nSPS) is 10.4. The van der Waals surface area contributed by atoms with Crippen molar-refractivity contribution < 1.29 is 13.9 Å². The molecular formula is C23H22FNO2. The van der Waals surface area contributed by atoms with Gasteiger partial charge in [0.15, 0.2) is 11.6 Å². The standard InChI is InChI=1S/C23H22FNO2/c1-17(26)25-15-14-19-10-5-6-11-20(19)21-12-7-13-22(24)23(21)27-16-18-8-3-2-4-9-18/h2-13H,14-16H2,1H3,(H,25,26). The van der Waals surface area contributed by atoms with Crippen LogP contribution in [0.15, 0.2) is 72.8 Å². The van der Waals surface area contributed by atoms with Gasteiger partial charge in [0.1, 0.15) is 6.61 Å². The Kier molecular flexibility index (Phi) is 6.21. The van der Waals surface area contributed by atoms with Crippen LogP contribution in [0.25, 0.3) is 11.1 Å². The molecule has 138 valence electrons. The Hall–Kier alpha value is -3.14. The second-order valence-electron chi connectivity index (χ2n) is 6.28. The molecule has 0 unspecified atom stereocenters. The first-order valence-electron chi connectivity index (χ1n) is 8.93. The summed E-state index contributed by atoms with van der Waals surface area (Å²) in [5.74, 6) is -0.210. The Morgan fingerprint density at radius 3 is 2.41 bits per heavy atom. The van der Waals surface area contributed by atoms with Crippen LogP contribution >= 0.6 is 0 Å². The average molecular weight is 363 g/mol. The number of hydrogen-bond donors (Lipinski definition) is 1. The van der Waals surface area contributed by atoms with Gasteiger partial charge in [0.2, 0.25) is 5.91 Å². The summed E-state index contributed by atoms with van der Waals surface area (Å²) >= 11 is 0. The van der Waals surface area contributed by atoms with Gasteiger partial charge < -0.3 is 10.1 Å². The zero-order valence-electron chi connectivity index (χ0n) is 15.2. The third-order valence-corrected chi connectivity index (χ3v) is 4.27. The predicted octanol–water partition coefficient (Wildman–Crippen LogP) is 4.75. The van der Waals surface area contributed by atoms with E-state index in [0.717, 1.165) is 16.7 Å². The van der Waals surface area contributed by atoms with E-state index in [1.54, 1.807) is 6.07 Å². The molecule has 3 aromatic rings. The number of amides is 1. The molecule has 0 aliphatic carbocycles. The van der Waals surface area contributed by atoms with Crippen molar-refractivity contribution in [1.29, 1.82) is 0 Å². The predicted molar refractivity (Wildman–Crippen MR) is 105 cm³/mol. The van der Waals surface area contributed by atoms with Crippen LogP contribution in [0.2, 0.25) is 0 Å². The quantitative estimate of drug-likeness (QED) is 0.658. The second kappa shape index (κ2) is 8.99. The molecule has 0 aliphatic heterocycles. The highest BCUT2D eigenvalue weighted by atomic mass is 19.1. The van der Waals surface area contributed by atoms with E-state index < -0.39 is 0 Å². The summed E-state index contributed by atoms with van der Waals surface area (Å²) in [4.78, 5) is 11.1. The first-order chi connectivity index (χ1) is 13.1. The molecule has 3 aromatic carbocycles. The van der Waals surface area contributed by atoms with E-state index in [1.807, 2.05) is 60.7 Å². The van der Waals surface area contributed by atoms with Crippen molar-refractivity contribution in [2.24, 2.45) is 0 Å². The van der Waals surface area contributed by atoms with Crippen molar-refractivity contribution in [2.45, 2.75) is 20.0 Å². The molecule has 4 heteroatoms. The lowest BCUT2D eigenvalue weighted by Gasteiger charge is -2.16. The van der Waals surface area contributed by atoms with Crippen LogP contribution in [0.3, 0.4) is 0 Å². The van der Waals surface area contributed by atoms with Crippen molar-refractivity contribution in [3.8, 4) is 16.9 Å². The number of halogens is 1. The highest BCUT2D eigenvalue weighted by Crippen LogP contribution is 2.35. The van der Waals surface area contributed by atoms with Crippen molar-refractivity contribution in [3.05, 3.63) is 89.7 Å². The van der Waals surface area contributed by atoms with Gasteiger partial charge >= 0.3 is 0 Å². The summed E-state index contributed by atoms with van der Waals surface area (Å²) in [5.41, 5.74) is 3.63. The van der Waals surface area contributed by atoms with Gasteiger partial charge in [0.05, 0.1) is 0 Å². The molecule has 0 radical (unpaired) electrons. The number of benzene rings is 3. The van der Waals surface area contributed by atoms with Crippen molar-refractivity contribution in [3.63, 3.8) is 0 Å². The smallest absolute Gasteiger partial charge is 0.216 e. The SMILES string of the molecule is CC(=O)NCCc1ccccc1-c1cccc(F)c1OCc1ccccc1. The molecule has 3 nitrogen and oxygen atoms in total. The Bertz CT molecular complexity index is 909. The molecule has 0 saturated carbocycles. The minimum absolute atomic E-state index is 0.0647. The van der Waals surface area contributed by atoms with Gasteiger partial charge in [0.25, 0.3) is 0 Å². The highest BCUT2D eigenvalue weighted by Gasteiger charge is 2.14. The van der Waals surface area contributed by atoms with Crippen LogP contribution in [-0.4, -0.2) is 12.5 Å². The molecule has 1 amide bonds. The molecule has 0 heterocycles. The monoisotopic (exact) mass is 363 g/mol. The first-order valence-corrected chi connectivity index (χ1v) is 8.93. The van der Waals surface area contributed by atoms with Crippen LogP contribution in [0.5, 0.6) is 5.75 Å². The molecule has 0 spiro atoms. The summed E-state index contributed by atoms with van der Waals surface area (Å²) in [6.45, 7) is 2.32. The van der Waals surface area contributed by atoms with Gasteiger partial charge in [-0.2, -0.15) is 0 Å². The maximum absolute atomic E-state index is 14.5. The highest BCUT2D eigenvalue weighted by molar-refractivity contribution is 5.74. The number of carbonyl (C=O) groups excluding carboxylic acids is 1. The molecule has 0 aliphatic rings. The van der Waals surface area contributed by atoms with Crippen LogP contribution in [0, 0.1) is 5.82 Å². The first kappa shape index (κ1) is 18.6. The number of hydrogen-bond acceptors (Lipinski definition) is 2. The lowest BCUT2D eigenvalue weighted by Crippen LogP contribution is -2.22. The van der Waals surface area contributed by atoms with Gasteiger partial charge in [0, 0.05) is 19.0 Å². The zero-order chi connectivity index (χ0) is 19.1. The number of ether oxygens (including phenoxy) is 1. The molecular weight excluding hydrogens is 341 g/mol. The molecule has 27 heavy (non-hydrogen) atoms. The average Bonchev–Trinajstić information content (AvgIpc) is 2.68. The summed E-state index contributed by atoms with van der Waals surface area (Å²) in [6.07, 6.45) is 0.657. The maximum Gasteiger partial charge on any atom is 0.216 e. The van der Waals surface area contributed by atoms with E-state index in [1.165, 1.54) is 13.0 Å². The summed E-state index contributed by atoms with van der Waals surface area (Å²) in [5, 5.41) is 2.80. The third-order valence-electron chi connectivity index (χ3n) is 4.27. The van der Waals surface area contributed by atoms with E-state index >= 15 is 0 Å². The zero-order valence-corrected chi connectivity index (χ0v) is 15.2. The number of rotatable bonds is 7. The fraction of sp³-hybridized carbons (Fsp3) is 0.174. The van der Waals surface area contributed by atoms with Crippen LogP contribution < -0.4 is 10.1 Å². The number of nitrogens with one attached hydrogen (secondary N) is 1. The Balaban J connectivity index is 1.88. The fourth-order valence-electron chi connectivity index (χ4n) is 2.97. The molecule has 0 atom stereocenters. The molecule has 0 bridgehead atoms. The second-order valence-corrected chi connectivity index (χ2v) is 6.28. The van der Waals surface area contributed by atoms with E-state index in [0.29, 0.717) is 25.1 Å². The van der Waals surface area contributed by atoms with Gasteiger partial charge in [-0.15, -0.1) is 0 Å². The summed E-state index contributed by atoms with van der Waals surface area (Å²) in [7, 11) is 0. The molecule has 3 rings (SSSR count). The van der Waals surface area contributed by atoms with E-state index in [-0.39, 0.29) is 17.5 Å². The Labute approximate surface area is 158 Å². The topological polar surface area (TPSA) is 38.3 Å². The summed E-state index contributed by atoms with van der Waals surface area (Å²) in [6, 6.07) is 22.4. The minimum Gasteiger partial charge on any atom is -0.485 e. The van der Waals surface area contributed by atoms with Crippen molar-refractivity contribution in [2.75, 3.05) is 6.54 Å². The van der Waals surface area contributed by atoms with E-state index in [4.69, 9.17) is 4.74 Å². The summed E-state index contributed by atoms with van der Waals surface area (Å²) < 4.78 is 20.4. The van der Waals surface area contributed by atoms with Crippen LogP contribution in [0.4, 0.5) is 4.39 Å². The minimum atomic E-state index is -0.389. The van der Waals surface area contributed by atoms with Gasteiger partial charge in [-0.05, 0) is 29.2 Å². The molecule has 0 aromatic heterocycles. The lowest BCUT2D eigenvalue weighted by atomic mass is 9.96. The molecule has 0 saturated heterocycles. The maximum atomic E-state index is 14.5. The number of carbonyl (C=O) groups is 1. The van der Waals surface area contributed by atoms with Gasteiger partial charge in [-0.3, -0.25) is 4.79 Å². The van der Waals surface area contributed by atoms with Crippen LogP contribution in [0.1, 0.15) is 18.1 Å². The Morgan fingerprint density at radius 1 is 0.926 bits per heavy atom. The lowest BCUT2D eigenvalue weighted by molar-refractivity contribution is -0.118. The number of para-hydroxylation sites is 1. The van der Waals surface area contributed by atoms with Gasteiger partial charge in [-0.1, -0.05) is 66.7 Å². The van der Waals surface area contributed by atoms with E-state index in [9.17, 15) is 9.18 Å². The third kappa shape index (κ3) is 4.94. The Morgan fingerprint density at radius 2 is 1.63 bits per heavy atom.